The molecule has 0 atom stereocenters. The third kappa shape index (κ3) is 3.98. The van der Waals surface area contributed by atoms with E-state index in [-0.39, 0.29) is 6.10 Å². The molecule has 0 spiro atoms. The molecule has 1 aliphatic carbocycles. The number of benzene rings is 1. The van der Waals surface area contributed by atoms with Gasteiger partial charge in [0.25, 0.3) is 0 Å². The molecule has 0 radical (unpaired) electrons. The van der Waals surface area contributed by atoms with E-state index in [0.717, 1.165) is 59.5 Å². The first-order valence-corrected chi connectivity index (χ1v) is 9.75. The van der Waals surface area contributed by atoms with Crippen molar-refractivity contribution in [3.05, 3.63) is 65.0 Å². The lowest BCUT2D eigenvalue weighted by Gasteiger charge is -2.28. The van der Waals surface area contributed by atoms with Crippen molar-refractivity contribution >= 4 is 11.6 Å². The van der Waals surface area contributed by atoms with E-state index in [2.05, 4.69) is 19.7 Å². The molecule has 1 aromatic carbocycles. The van der Waals surface area contributed by atoms with Gasteiger partial charge in [-0.1, -0.05) is 11.6 Å². The second-order valence-corrected chi connectivity index (χ2v) is 7.58. The molecular formula is C21H23ClN4O. The molecule has 0 N–H and O–H groups in total. The van der Waals surface area contributed by atoms with Gasteiger partial charge in [-0.15, -0.1) is 10.2 Å². The van der Waals surface area contributed by atoms with Crippen LogP contribution >= 0.6 is 11.6 Å². The molecule has 4 rings (SSSR count). The van der Waals surface area contributed by atoms with Gasteiger partial charge in [0, 0.05) is 22.3 Å². The number of halogens is 1. The lowest BCUT2D eigenvalue weighted by atomic mass is 9.86. The van der Waals surface area contributed by atoms with Crippen LogP contribution in [0.4, 0.5) is 0 Å². The minimum Gasteiger partial charge on any atom is -0.489 e. The van der Waals surface area contributed by atoms with Crippen molar-refractivity contribution in [2.75, 3.05) is 0 Å². The molecule has 2 aromatic heterocycles. The van der Waals surface area contributed by atoms with Gasteiger partial charge in [-0.05, 0) is 75.9 Å². The highest BCUT2D eigenvalue weighted by Crippen LogP contribution is 2.35. The molecule has 140 valence electrons. The molecule has 3 aromatic rings. The van der Waals surface area contributed by atoms with E-state index in [4.69, 9.17) is 16.3 Å². The van der Waals surface area contributed by atoms with Crippen LogP contribution in [0.15, 0.2) is 42.6 Å². The van der Waals surface area contributed by atoms with Crippen LogP contribution in [0.1, 0.15) is 48.9 Å². The van der Waals surface area contributed by atoms with Gasteiger partial charge in [-0.3, -0.25) is 9.55 Å². The summed E-state index contributed by atoms with van der Waals surface area (Å²) in [6, 6.07) is 11.8. The summed E-state index contributed by atoms with van der Waals surface area (Å²) in [6.45, 7) is 3.97. The maximum Gasteiger partial charge on any atom is 0.140 e. The summed E-state index contributed by atoms with van der Waals surface area (Å²) in [5, 5.41) is 9.54. The van der Waals surface area contributed by atoms with Crippen molar-refractivity contribution in [1.29, 1.82) is 0 Å². The zero-order valence-corrected chi connectivity index (χ0v) is 16.4. The van der Waals surface area contributed by atoms with Gasteiger partial charge in [0.15, 0.2) is 0 Å². The van der Waals surface area contributed by atoms with Crippen molar-refractivity contribution < 1.29 is 4.74 Å². The molecule has 5 nitrogen and oxygen atoms in total. The van der Waals surface area contributed by atoms with Crippen molar-refractivity contribution in [1.82, 2.24) is 19.7 Å². The third-order valence-corrected chi connectivity index (χ3v) is 5.41. The first kappa shape index (κ1) is 18.0. The molecule has 0 aliphatic heterocycles. The van der Waals surface area contributed by atoms with Crippen LogP contribution in [0.2, 0.25) is 5.02 Å². The number of rotatable bonds is 4. The molecule has 1 fully saturated rings. The minimum atomic E-state index is 0.235. The highest BCUT2D eigenvalue weighted by Gasteiger charge is 2.28. The van der Waals surface area contributed by atoms with Crippen LogP contribution in [0.3, 0.4) is 0 Å². The van der Waals surface area contributed by atoms with Crippen LogP contribution in [0.5, 0.6) is 5.75 Å². The van der Waals surface area contributed by atoms with E-state index in [9.17, 15) is 0 Å². The predicted molar refractivity (Wildman–Crippen MR) is 106 cm³/mol. The Balaban J connectivity index is 1.45. The van der Waals surface area contributed by atoms with Crippen LogP contribution in [-0.4, -0.2) is 25.9 Å². The largest absolute Gasteiger partial charge is 0.489 e. The summed E-state index contributed by atoms with van der Waals surface area (Å²) in [7, 11) is 0. The molecule has 1 saturated carbocycles. The second kappa shape index (κ2) is 7.69. The Bertz CT molecular complexity index is 897. The second-order valence-electron chi connectivity index (χ2n) is 7.14. The first-order chi connectivity index (χ1) is 13.1. The molecule has 0 bridgehead atoms. The lowest BCUT2D eigenvalue weighted by Crippen LogP contribution is -2.24. The van der Waals surface area contributed by atoms with Crippen LogP contribution < -0.4 is 4.74 Å². The number of hydrogen-bond acceptors (Lipinski definition) is 4. The summed E-state index contributed by atoms with van der Waals surface area (Å²) < 4.78 is 8.25. The van der Waals surface area contributed by atoms with Crippen molar-refractivity contribution in [2.45, 2.75) is 51.6 Å². The van der Waals surface area contributed by atoms with Crippen molar-refractivity contribution in [3.8, 4) is 11.4 Å². The number of pyridine rings is 1. The van der Waals surface area contributed by atoms with E-state index in [1.807, 2.05) is 56.4 Å². The smallest absolute Gasteiger partial charge is 0.140 e. The van der Waals surface area contributed by atoms with E-state index in [0.29, 0.717) is 5.92 Å². The molecule has 27 heavy (non-hydrogen) atoms. The van der Waals surface area contributed by atoms with Gasteiger partial charge in [0.1, 0.15) is 17.4 Å². The van der Waals surface area contributed by atoms with Crippen LogP contribution in [0, 0.1) is 13.8 Å². The fourth-order valence-corrected chi connectivity index (χ4v) is 3.83. The highest BCUT2D eigenvalue weighted by atomic mass is 35.5. The molecule has 2 heterocycles. The summed E-state index contributed by atoms with van der Waals surface area (Å²) in [4.78, 5) is 4.31. The lowest BCUT2D eigenvalue weighted by molar-refractivity contribution is 0.144. The van der Waals surface area contributed by atoms with E-state index < -0.39 is 0 Å². The quantitative estimate of drug-likeness (QED) is 0.634. The molecule has 0 unspecified atom stereocenters. The average Bonchev–Trinajstić information content (AvgIpc) is 3.06. The Hall–Kier alpha value is -2.40. The molecule has 0 saturated heterocycles. The average molecular weight is 383 g/mol. The number of aryl methyl sites for hydroxylation is 2. The maximum atomic E-state index is 6.11. The van der Waals surface area contributed by atoms with Gasteiger partial charge >= 0.3 is 0 Å². The number of hydrogen-bond donors (Lipinski definition) is 0. The van der Waals surface area contributed by atoms with E-state index >= 15 is 0 Å². The third-order valence-electron chi connectivity index (χ3n) is 5.16. The Kier molecular flexibility index (Phi) is 5.12. The molecule has 1 aliphatic rings. The van der Waals surface area contributed by atoms with E-state index in [1.54, 1.807) is 0 Å². The Labute approximate surface area is 164 Å². The molecular weight excluding hydrogens is 360 g/mol. The Morgan fingerprint density at radius 3 is 2.37 bits per heavy atom. The summed E-state index contributed by atoms with van der Waals surface area (Å²) in [5.74, 6) is 3.17. The zero-order chi connectivity index (χ0) is 18.8. The van der Waals surface area contributed by atoms with E-state index in [1.165, 1.54) is 0 Å². The summed E-state index contributed by atoms with van der Waals surface area (Å²) in [6.07, 6.45) is 6.13. The number of aromatic nitrogens is 4. The van der Waals surface area contributed by atoms with Gasteiger partial charge in [0.05, 0.1) is 12.3 Å². The molecule has 6 heteroatoms. The van der Waals surface area contributed by atoms with Gasteiger partial charge in [0.2, 0.25) is 0 Å². The first-order valence-electron chi connectivity index (χ1n) is 9.37. The van der Waals surface area contributed by atoms with Crippen LogP contribution in [0.25, 0.3) is 5.69 Å². The SMILES string of the molecule is Cc1ccc(OC2CCC(c3nnc(C)n3-c3ccc(Cl)cc3)CC2)cn1. The zero-order valence-electron chi connectivity index (χ0n) is 15.6. The summed E-state index contributed by atoms with van der Waals surface area (Å²) >= 11 is 6.03. The molecule has 0 amide bonds. The fraction of sp³-hybridized carbons (Fsp3) is 0.381. The van der Waals surface area contributed by atoms with Crippen LogP contribution in [-0.2, 0) is 0 Å². The normalized spacial score (nSPS) is 19.8. The fourth-order valence-electron chi connectivity index (χ4n) is 3.71. The number of ether oxygens (including phenoxy) is 1. The number of nitrogens with zero attached hydrogens (tertiary/aromatic N) is 4. The van der Waals surface area contributed by atoms with Crippen molar-refractivity contribution in [3.63, 3.8) is 0 Å². The van der Waals surface area contributed by atoms with Crippen molar-refractivity contribution in [2.24, 2.45) is 0 Å². The van der Waals surface area contributed by atoms with Gasteiger partial charge in [-0.25, -0.2) is 0 Å². The van der Waals surface area contributed by atoms with Gasteiger partial charge < -0.3 is 4.74 Å². The van der Waals surface area contributed by atoms with Gasteiger partial charge in [-0.2, -0.15) is 0 Å². The monoisotopic (exact) mass is 382 g/mol. The highest BCUT2D eigenvalue weighted by molar-refractivity contribution is 6.30. The minimum absolute atomic E-state index is 0.235. The standard InChI is InChI=1S/C21H23ClN4O/c1-14-3-10-20(13-23-14)27-19-11-4-16(5-12-19)21-25-24-15(2)26(21)18-8-6-17(22)7-9-18/h3,6-10,13,16,19H,4-5,11-12H2,1-2H3. The maximum absolute atomic E-state index is 6.11. The Morgan fingerprint density at radius 1 is 0.963 bits per heavy atom. The Morgan fingerprint density at radius 2 is 1.70 bits per heavy atom. The summed E-state index contributed by atoms with van der Waals surface area (Å²) in [5.41, 5.74) is 2.06. The topological polar surface area (TPSA) is 52.8 Å². The predicted octanol–water partition coefficient (Wildman–Crippen LogP) is 5.04.